The minimum absolute atomic E-state index is 0.0649. The number of nitrogens with one attached hydrogen (secondary N) is 1. The number of rotatable bonds is 6. The average Bonchev–Trinajstić information content (AvgIpc) is 2.64. The number of esters is 1. The van der Waals surface area contributed by atoms with E-state index in [1.807, 2.05) is 13.8 Å². The number of nitrogen functional groups attached to an aromatic ring is 1. The van der Waals surface area contributed by atoms with Crippen LogP contribution in [0.15, 0.2) is 0 Å². The summed E-state index contributed by atoms with van der Waals surface area (Å²) >= 11 is 1.21. The number of anilines is 2. The van der Waals surface area contributed by atoms with E-state index in [4.69, 9.17) is 10.5 Å². The molecule has 1 aromatic rings. The van der Waals surface area contributed by atoms with Gasteiger partial charge in [0.2, 0.25) is 0 Å². The number of hydrogen-bond acceptors (Lipinski definition) is 6. The Bertz CT molecular complexity index is 480. The second-order valence-corrected chi connectivity index (χ2v) is 5.37. The van der Waals surface area contributed by atoms with Crippen LogP contribution in [0.5, 0.6) is 0 Å². The Balaban J connectivity index is 3.27. The zero-order valence-electron chi connectivity index (χ0n) is 11.7. The van der Waals surface area contributed by atoms with Crippen LogP contribution in [-0.4, -0.2) is 24.4 Å². The van der Waals surface area contributed by atoms with Gasteiger partial charge in [0.15, 0.2) is 5.78 Å². The van der Waals surface area contributed by atoms with Crippen molar-refractivity contribution in [2.24, 2.45) is 0 Å². The highest BCUT2D eigenvalue weighted by Gasteiger charge is 2.26. The fourth-order valence-corrected chi connectivity index (χ4v) is 2.85. The van der Waals surface area contributed by atoms with Crippen molar-refractivity contribution in [3.63, 3.8) is 0 Å². The van der Waals surface area contributed by atoms with Crippen LogP contribution in [0.4, 0.5) is 10.7 Å². The molecule has 0 radical (unpaired) electrons. The molecule has 0 atom stereocenters. The quantitative estimate of drug-likeness (QED) is 0.620. The maximum atomic E-state index is 11.9. The smallest absolute Gasteiger partial charge is 0.343 e. The van der Waals surface area contributed by atoms with E-state index in [0.717, 1.165) is 0 Å². The SMILES string of the molecule is CCOC(=O)c1c(NC(C)C)sc(C(=O)CC)c1N. The van der Waals surface area contributed by atoms with Gasteiger partial charge in [0.1, 0.15) is 10.6 Å². The standard InChI is InChI=1S/C13H20N2O3S/c1-5-8(16)11-10(14)9(13(17)18-6-2)12(19-11)15-7(3)4/h7,15H,5-6,14H2,1-4H3. The van der Waals surface area contributed by atoms with Gasteiger partial charge >= 0.3 is 5.97 Å². The molecule has 0 unspecified atom stereocenters. The van der Waals surface area contributed by atoms with E-state index in [2.05, 4.69) is 5.32 Å². The van der Waals surface area contributed by atoms with Gasteiger partial charge < -0.3 is 15.8 Å². The Morgan fingerprint density at radius 1 is 1.37 bits per heavy atom. The first-order chi connectivity index (χ1) is 8.92. The van der Waals surface area contributed by atoms with Gasteiger partial charge in [-0.2, -0.15) is 0 Å². The van der Waals surface area contributed by atoms with Gasteiger partial charge in [-0.1, -0.05) is 6.92 Å². The topological polar surface area (TPSA) is 81.4 Å². The number of carbonyl (C=O) groups is 2. The van der Waals surface area contributed by atoms with Crippen molar-refractivity contribution in [2.45, 2.75) is 40.2 Å². The molecule has 0 saturated heterocycles. The molecule has 1 rings (SSSR count). The van der Waals surface area contributed by atoms with Crippen molar-refractivity contribution in [1.29, 1.82) is 0 Å². The summed E-state index contributed by atoms with van der Waals surface area (Å²) in [5.41, 5.74) is 6.43. The molecule has 0 bridgehead atoms. The number of Topliss-reactive ketones (excluding diaryl/α,β-unsaturated/α-hetero) is 1. The molecular weight excluding hydrogens is 264 g/mol. The molecule has 3 N–H and O–H groups in total. The van der Waals surface area contributed by atoms with Gasteiger partial charge in [0.05, 0.1) is 17.2 Å². The zero-order chi connectivity index (χ0) is 14.6. The monoisotopic (exact) mass is 284 g/mol. The third-order valence-electron chi connectivity index (χ3n) is 2.42. The second-order valence-electron chi connectivity index (χ2n) is 4.35. The number of hydrogen-bond donors (Lipinski definition) is 2. The molecule has 6 heteroatoms. The lowest BCUT2D eigenvalue weighted by Crippen LogP contribution is -2.14. The average molecular weight is 284 g/mol. The minimum Gasteiger partial charge on any atom is -0.462 e. The fraction of sp³-hybridized carbons (Fsp3) is 0.538. The van der Waals surface area contributed by atoms with E-state index in [0.29, 0.717) is 16.3 Å². The number of nitrogens with two attached hydrogens (primary N) is 1. The van der Waals surface area contributed by atoms with Gasteiger partial charge in [-0.3, -0.25) is 4.79 Å². The van der Waals surface area contributed by atoms with Gasteiger partial charge in [0, 0.05) is 12.5 Å². The highest BCUT2D eigenvalue weighted by Crippen LogP contribution is 2.37. The maximum absolute atomic E-state index is 11.9. The molecule has 0 spiro atoms. The van der Waals surface area contributed by atoms with Crippen LogP contribution in [0.3, 0.4) is 0 Å². The van der Waals surface area contributed by atoms with Crippen LogP contribution in [0.2, 0.25) is 0 Å². The van der Waals surface area contributed by atoms with Crippen molar-refractivity contribution < 1.29 is 14.3 Å². The van der Waals surface area contributed by atoms with E-state index in [1.54, 1.807) is 13.8 Å². The van der Waals surface area contributed by atoms with Crippen LogP contribution in [0.25, 0.3) is 0 Å². The molecule has 0 amide bonds. The predicted octanol–water partition coefficient (Wildman–Crippen LogP) is 2.92. The van der Waals surface area contributed by atoms with E-state index in [9.17, 15) is 9.59 Å². The van der Waals surface area contributed by atoms with Gasteiger partial charge in [-0.05, 0) is 20.8 Å². The highest BCUT2D eigenvalue weighted by molar-refractivity contribution is 7.19. The molecule has 0 aliphatic heterocycles. The summed E-state index contributed by atoms with van der Waals surface area (Å²) in [6.07, 6.45) is 0.355. The van der Waals surface area contributed by atoms with Crippen molar-refractivity contribution in [3.8, 4) is 0 Å². The lowest BCUT2D eigenvalue weighted by molar-refractivity contribution is 0.0529. The molecule has 1 heterocycles. The summed E-state index contributed by atoms with van der Waals surface area (Å²) in [5.74, 6) is -0.556. The third kappa shape index (κ3) is 3.47. The maximum Gasteiger partial charge on any atom is 0.343 e. The van der Waals surface area contributed by atoms with E-state index >= 15 is 0 Å². The Labute approximate surface area is 117 Å². The molecule has 0 aliphatic carbocycles. The normalized spacial score (nSPS) is 10.6. The van der Waals surface area contributed by atoms with Crippen LogP contribution in [0, 0.1) is 0 Å². The Morgan fingerprint density at radius 2 is 2.00 bits per heavy atom. The summed E-state index contributed by atoms with van der Waals surface area (Å²) in [4.78, 5) is 24.2. The van der Waals surface area contributed by atoms with Crippen molar-refractivity contribution in [2.75, 3.05) is 17.7 Å². The number of ether oxygens (including phenoxy) is 1. The molecule has 5 nitrogen and oxygen atoms in total. The lowest BCUT2D eigenvalue weighted by Gasteiger charge is -2.10. The first kappa shape index (κ1) is 15.5. The molecule has 19 heavy (non-hydrogen) atoms. The number of thiophene rings is 1. The van der Waals surface area contributed by atoms with Gasteiger partial charge in [-0.25, -0.2) is 4.79 Å². The van der Waals surface area contributed by atoms with Crippen LogP contribution < -0.4 is 11.1 Å². The summed E-state index contributed by atoms with van der Waals surface area (Å²) in [6, 6.07) is 0.135. The first-order valence-corrected chi connectivity index (χ1v) is 7.13. The summed E-state index contributed by atoms with van der Waals surface area (Å²) in [5, 5.41) is 3.74. The van der Waals surface area contributed by atoms with Crippen molar-refractivity contribution in [1.82, 2.24) is 0 Å². The van der Waals surface area contributed by atoms with Crippen LogP contribution >= 0.6 is 11.3 Å². The molecular formula is C13H20N2O3S. The Morgan fingerprint density at radius 3 is 2.47 bits per heavy atom. The predicted molar refractivity (Wildman–Crippen MR) is 78.1 cm³/mol. The highest BCUT2D eigenvalue weighted by atomic mass is 32.1. The largest absolute Gasteiger partial charge is 0.462 e. The molecule has 0 aromatic carbocycles. The summed E-state index contributed by atoms with van der Waals surface area (Å²) in [6.45, 7) is 7.67. The van der Waals surface area contributed by atoms with E-state index in [-0.39, 0.29) is 29.7 Å². The van der Waals surface area contributed by atoms with Gasteiger partial charge in [-0.15, -0.1) is 11.3 Å². The van der Waals surface area contributed by atoms with Crippen LogP contribution in [0.1, 0.15) is 54.1 Å². The second kappa shape index (κ2) is 6.56. The van der Waals surface area contributed by atoms with E-state index in [1.165, 1.54) is 11.3 Å². The summed E-state index contributed by atoms with van der Waals surface area (Å²) in [7, 11) is 0. The first-order valence-electron chi connectivity index (χ1n) is 6.31. The molecule has 0 aliphatic rings. The Hall–Kier alpha value is -1.56. The molecule has 106 valence electrons. The number of carbonyl (C=O) groups excluding carboxylic acids is 2. The summed E-state index contributed by atoms with van der Waals surface area (Å²) < 4.78 is 4.99. The molecule has 0 saturated carbocycles. The number of ketones is 1. The zero-order valence-corrected chi connectivity index (χ0v) is 12.5. The fourth-order valence-electron chi connectivity index (χ4n) is 1.58. The third-order valence-corrected chi connectivity index (χ3v) is 3.60. The van der Waals surface area contributed by atoms with E-state index < -0.39 is 5.97 Å². The lowest BCUT2D eigenvalue weighted by atomic mass is 10.1. The minimum atomic E-state index is -0.491. The van der Waals surface area contributed by atoms with Crippen molar-refractivity contribution in [3.05, 3.63) is 10.4 Å². The Kier molecular flexibility index (Phi) is 5.35. The van der Waals surface area contributed by atoms with Crippen molar-refractivity contribution >= 4 is 33.8 Å². The molecule has 0 fully saturated rings. The van der Waals surface area contributed by atoms with Gasteiger partial charge in [0.25, 0.3) is 0 Å². The molecule has 1 aromatic heterocycles. The van der Waals surface area contributed by atoms with Crippen LogP contribution in [-0.2, 0) is 4.74 Å².